The van der Waals surface area contributed by atoms with Gasteiger partial charge in [0.2, 0.25) is 5.91 Å². The third-order valence-electron chi connectivity index (χ3n) is 2.85. The summed E-state index contributed by atoms with van der Waals surface area (Å²) < 4.78 is 12.8. The van der Waals surface area contributed by atoms with Gasteiger partial charge in [0.15, 0.2) is 0 Å². The van der Waals surface area contributed by atoms with Crippen molar-refractivity contribution in [3.05, 3.63) is 46.8 Å². The first kappa shape index (κ1) is 12.1. The van der Waals surface area contributed by atoms with Crippen LogP contribution in [-0.4, -0.2) is 5.91 Å². The molecule has 2 rings (SSSR count). The lowest BCUT2D eigenvalue weighted by molar-refractivity contribution is -0.124. The van der Waals surface area contributed by atoms with E-state index in [0.717, 1.165) is 18.4 Å². The van der Waals surface area contributed by atoms with Crippen molar-refractivity contribution in [3.8, 4) is 0 Å². The topological polar surface area (TPSA) is 29.1 Å². The van der Waals surface area contributed by atoms with E-state index in [1.54, 1.807) is 6.07 Å². The van der Waals surface area contributed by atoms with Gasteiger partial charge < -0.3 is 5.32 Å². The molecule has 4 heteroatoms. The molecule has 0 aliphatic heterocycles. The Bertz CT molecular complexity index is 451. The lowest BCUT2D eigenvalue weighted by Crippen LogP contribution is -2.29. The van der Waals surface area contributed by atoms with Gasteiger partial charge in [0, 0.05) is 17.5 Å². The number of halogens is 2. The Balaban J connectivity index is 1.91. The number of rotatable bonds is 3. The predicted octanol–water partition coefficient (Wildman–Crippen LogP) is 3.06. The molecule has 1 aliphatic carbocycles. The van der Waals surface area contributed by atoms with Gasteiger partial charge in [-0.3, -0.25) is 4.79 Å². The lowest BCUT2D eigenvalue weighted by Gasteiger charge is -2.11. The summed E-state index contributed by atoms with van der Waals surface area (Å²) in [5, 5.41) is 3.16. The molecule has 1 N–H and O–H groups in total. The van der Waals surface area contributed by atoms with Crippen molar-refractivity contribution in [1.82, 2.24) is 5.32 Å². The van der Waals surface area contributed by atoms with Crippen LogP contribution < -0.4 is 5.32 Å². The van der Waals surface area contributed by atoms with E-state index >= 15 is 0 Å². The van der Waals surface area contributed by atoms with Crippen LogP contribution in [0.15, 0.2) is 30.4 Å². The fourth-order valence-electron chi connectivity index (χ4n) is 1.82. The molecule has 0 fully saturated rings. The van der Waals surface area contributed by atoms with Crippen LogP contribution in [0.25, 0.3) is 0 Å². The molecule has 90 valence electrons. The van der Waals surface area contributed by atoms with E-state index in [0.29, 0.717) is 11.6 Å². The van der Waals surface area contributed by atoms with E-state index in [9.17, 15) is 9.18 Å². The van der Waals surface area contributed by atoms with Crippen molar-refractivity contribution in [2.75, 3.05) is 0 Å². The first-order valence-electron chi connectivity index (χ1n) is 5.53. The average Bonchev–Trinajstić information content (AvgIpc) is 2.81. The third kappa shape index (κ3) is 3.07. The number of amides is 1. The summed E-state index contributed by atoms with van der Waals surface area (Å²) in [7, 11) is 0. The van der Waals surface area contributed by atoms with E-state index in [1.807, 2.05) is 12.2 Å². The summed E-state index contributed by atoms with van der Waals surface area (Å²) in [5.74, 6) is -0.310. The Kier molecular flexibility index (Phi) is 3.79. The molecule has 1 amide bonds. The second kappa shape index (κ2) is 5.32. The van der Waals surface area contributed by atoms with Crippen LogP contribution in [0.1, 0.15) is 18.4 Å². The maximum Gasteiger partial charge on any atom is 0.224 e. The maximum atomic E-state index is 12.8. The van der Waals surface area contributed by atoms with Crippen molar-refractivity contribution < 1.29 is 9.18 Å². The molecule has 1 aromatic carbocycles. The van der Waals surface area contributed by atoms with Crippen LogP contribution in [0.5, 0.6) is 0 Å². The number of nitrogens with one attached hydrogen (secondary N) is 1. The Labute approximate surface area is 104 Å². The van der Waals surface area contributed by atoms with Gasteiger partial charge in [0.1, 0.15) is 5.82 Å². The second-order valence-corrected chi connectivity index (χ2v) is 4.50. The molecule has 17 heavy (non-hydrogen) atoms. The van der Waals surface area contributed by atoms with E-state index < -0.39 is 0 Å². The van der Waals surface area contributed by atoms with Gasteiger partial charge in [-0.1, -0.05) is 29.8 Å². The Morgan fingerprint density at radius 3 is 2.76 bits per heavy atom. The molecule has 1 aromatic rings. The van der Waals surface area contributed by atoms with E-state index in [-0.39, 0.29) is 17.6 Å². The summed E-state index contributed by atoms with van der Waals surface area (Å²) in [5.41, 5.74) is 0.729. The summed E-state index contributed by atoms with van der Waals surface area (Å²) >= 11 is 5.87. The highest BCUT2D eigenvalue weighted by Crippen LogP contribution is 2.19. The highest BCUT2D eigenvalue weighted by molar-refractivity contribution is 6.31. The molecule has 2 nitrogen and oxygen atoms in total. The fourth-order valence-corrected chi connectivity index (χ4v) is 2.06. The van der Waals surface area contributed by atoms with E-state index in [4.69, 9.17) is 11.6 Å². The van der Waals surface area contributed by atoms with E-state index in [2.05, 4.69) is 5.32 Å². The van der Waals surface area contributed by atoms with Crippen LogP contribution in [0, 0.1) is 11.7 Å². The van der Waals surface area contributed by atoms with Crippen LogP contribution in [0.3, 0.4) is 0 Å². The average molecular weight is 254 g/mol. The van der Waals surface area contributed by atoms with Gasteiger partial charge in [-0.25, -0.2) is 4.39 Å². The number of benzene rings is 1. The predicted molar refractivity (Wildman–Crippen MR) is 65.1 cm³/mol. The molecule has 0 saturated carbocycles. The minimum atomic E-state index is -0.370. The SMILES string of the molecule is O=C(NCc1ccc(F)cc1Cl)C1CC=CC1. The summed E-state index contributed by atoms with van der Waals surface area (Å²) in [6.07, 6.45) is 5.61. The Hall–Kier alpha value is -1.35. The smallest absolute Gasteiger partial charge is 0.224 e. The largest absolute Gasteiger partial charge is 0.352 e. The highest BCUT2D eigenvalue weighted by atomic mass is 35.5. The zero-order valence-corrected chi connectivity index (χ0v) is 10.0. The maximum absolute atomic E-state index is 12.8. The molecule has 0 radical (unpaired) electrons. The number of hydrogen-bond acceptors (Lipinski definition) is 1. The molecular formula is C13H13ClFNO. The monoisotopic (exact) mass is 253 g/mol. The van der Waals surface area contributed by atoms with Crippen molar-refractivity contribution in [1.29, 1.82) is 0 Å². The minimum absolute atomic E-state index is 0.0235. The fraction of sp³-hybridized carbons (Fsp3) is 0.308. The third-order valence-corrected chi connectivity index (χ3v) is 3.20. The van der Waals surface area contributed by atoms with Gasteiger partial charge in [-0.2, -0.15) is 0 Å². The Morgan fingerprint density at radius 1 is 1.41 bits per heavy atom. The number of allylic oxidation sites excluding steroid dienone is 2. The Morgan fingerprint density at radius 2 is 2.12 bits per heavy atom. The van der Waals surface area contributed by atoms with Crippen LogP contribution in [-0.2, 0) is 11.3 Å². The molecule has 0 unspecified atom stereocenters. The summed E-state index contributed by atoms with van der Waals surface area (Å²) in [6.45, 7) is 0.342. The first-order chi connectivity index (χ1) is 8.16. The van der Waals surface area contributed by atoms with Crippen molar-refractivity contribution in [2.24, 2.45) is 5.92 Å². The molecule has 0 atom stereocenters. The molecule has 0 bridgehead atoms. The zero-order chi connectivity index (χ0) is 12.3. The van der Waals surface area contributed by atoms with Gasteiger partial charge >= 0.3 is 0 Å². The van der Waals surface area contributed by atoms with Crippen molar-refractivity contribution >= 4 is 17.5 Å². The molecule has 1 aliphatic rings. The van der Waals surface area contributed by atoms with Crippen LogP contribution in [0.4, 0.5) is 4.39 Å². The van der Waals surface area contributed by atoms with Crippen LogP contribution in [0.2, 0.25) is 5.02 Å². The molecule has 0 heterocycles. The van der Waals surface area contributed by atoms with Gasteiger partial charge in [-0.15, -0.1) is 0 Å². The van der Waals surface area contributed by atoms with Gasteiger partial charge in [-0.05, 0) is 30.5 Å². The first-order valence-corrected chi connectivity index (χ1v) is 5.91. The molecule has 0 saturated heterocycles. The number of hydrogen-bond donors (Lipinski definition) is 1. The standard InChI is InChI=1S/C13H13ClFNO/c14-12-7-11(15)6-5-10(12)8-16-13(17)9-3-1-2-4-9/h1-2,5-7,9H,3-4,8H2,(H,16,17). The lowest BCUT2D eigenvalue weighted by atomic mass is 10.1. The highest BCUT2D eigenvalue weighted by Gasteiger charge is 2.18. The number of carbonyl (C=O) groups is 1. The normalized spacial score (nSPS) is 15.2. The quantitative estimate of drug-likeness (QED) is 0.825. The van der Waals surface area contributed by atoms with Gasteiger partial charge in [0.05, 0.1) is 0 Å². The molecule has 0 spiro atoms. The molecular weight excluding hydrogens is 241 g/mol. The molecule has 0 aromatic heterocycles. The zero-order valence-electron chi connectivity index (χ0n) is 9.25. The second-order valence-electron chi connectivity index (χ2n) is 4.09. The van der Waals surface area contributed by atoms with Gasteiger partial charge in [0.25, 0.3) is 0 Å². The summed E-state index contributed by atoms with van der Waals surface area (Å²) in [4.78, 5) is 11.7. The van der Waals surface area contributed by atoms with Crippen molar-refractivity contribution in [3.63, 3.8) is 0 Å². The van der Waals surface area contributed by atoms with Crippen molar-refractivity contribution in [2.45, 2.75) is 19.4 Å². The number of carbonyl (C=O) groups excluding carboxylic acids is 1. The van der Waals surface area contributed by atoms with Crippen LogP contribution >= 0.6 is 11.6 Å². The summed E-state index contributed by atoms with van der Waals surface area (Å²) in [6, 6.07) is 4.18. The van der Waals surface area contributed by atoms with E-state index in [1.165, 1.54) is 12.1 Å². The minimum Gasteiger partial charge on any atom is -0.352 e.